The van der Waals surface area contributed by atoms with Crippen molar-refractivity contribution in [3.8, 4) is 0 Å². The van der Waals surface area contributed by atoms with E-state index in [9.17, 15) is 4.79 Å². The van der Waals surface area contributed by atoms with E-state index < -0.39 is 0 Å². The van der Waals surface area contributed by atoms with Gasteiger partial charge in [-0.15, -0.1) is 11.3 Å². The van der Waals surface area contributed by atoms with Gasteiger partial charge in [0.05, 0.1) is 0 Å². The second-order valence-electron chi connectivity index (χ2n) is 5.82. The molecule has 0 N–H and O–H groups in total. The van der Waals surface area contributed by atoms with Crippen LogP contribution in [-0.4, -0.2) is 28.6 Å². The first-order chi connectivity index (χ1) is 10.4. The molecule has 2 aromatic rings. The number of hydrogen-bond donors (Lipinski definition) is 0. The fourth-order valence-corrected chi connectivity index (χ4v) is 3.34. The van der Waals surface area contributed by atoms with E-state index in [1.54, 1.807) is 41.2 Å². The van der Waals surface area contributed by atoms with Crippen LogP contribution in [0.25, 0.3) is 0 Å². The van der Waals surface area contributed by atoms with Crippen molar-refractivity contribution in [2.75, 3.05) is 7.05 Å². The predicted molar refractivity (Wildman–Crippen MR) is 90.4 cm³/mol. The molecule has 2 aromatic heterocycles. The molecule has 0 saturated heterocycles. The van der Waals surface area contributed by atoms with Gasteiger partial charge in [-0.25, -0.2) is 4.79 Å². The zero-order chi connectivity index (χ0) is 16.2. The molecule has 0 bridgehead atoms. The van der Waals surface area contributed by atoms with Crippen molar-refractivity contribution in [3.05, 3.63) is 40.8 Å². The minimum Gasteiger partial charge on any atom is -0.444 e. The Kier molecular flexibility index (Phi) is 5.47. The number of rotatable bonds is 4. The maximum absolute atomic E-state index is 12.0. The summed E-state index contributed by atoms with van der Waals surface area (Å²) in [5.74, 6) is 0. The van der Waals surface area contributed by atoms with Crippen molar-refractivity contribution in [1.29, 1.82) is 0 Å². The highest BCUT2D eigenvalue weighted by Gasteiger charge is 2.23. The van der Waals surface area contributed by atoms with Crippen LogP contribution in [0, 0.1) is 0 Å². The van der Waals surface area contributed by atoms with Crippen molar-refractivity contribution in [2.45, 2.75) is 42.7 Å². The van der Waals surface area contributed by atoms with Gasteiger partial charge in [0.2, 0.25) is 0 Å². The third-order valence-corrected chi connectivity index (χ3v) is 5.13. The minimum absolute atomic E-state index is 0.242. The summed E-state index contributed by atoms with van der Waals surface area (Å²) in [6.45, 7) is 6.23. The third kappa shape index (κ3) is 4.74. The van der Waals surface area contributed by atoms with Gasteiger partial charge in [-0.1, -0.05) is 11.8 Å². The van der Waals surface area contributed by atoms with E-state index in [1.807, 2.05) is 45.2 Å². The summed E-state index contributed by atoms with van der Waals surface area (Å²) in [7, 11) is 1.75. The van der Waals surface area contributed by atoms with Gasteiger partial charge in [0.15, 0.2) is 0 Å². The van der Waals surface area contributed by atoms with Gasteiger partial charge in [-0.2, -0.15) is 0 Å². The lowest BCUT2D eigenvalue weighted by Crippen LogP contribution is -2.42. The summed E-state index contributed by atoms with van der Waals surface area (Å²) < 4.78 is 5.36. The molecule has 0 unspecified atom stereocenters. The molecule has 2 heterocycles. The number of ether oxygens (including phenoxy) is 1. The first-order valence-electron chi connectivity index (χ1n) is 6.92. The lowest BCUT2D eigenvalue weighted by molar-refractivity contribution is 0.0766. The molecule has 0 aliphatic rings. The van der Waals surface area contributed by atoms with E-state index in [0.717, 1.165) is 14.7 Å². The minimum atomic E-state index is -0.303. The molecule has 0 fully saturated rings. The summed E-state index contributed by atoms with van der Waals surface area (Å²) in [6, 6.07) is 5.99. The maximum Gasteiger partial charge on any atom is 0.410 e. The van der Waals surface area contributed by atoms with Crippen molar-refractivity contribution in [1.82, 2.24) is 9.88 Å². The summed E-state index contributed by atoms with van der Waals surface area (Å²) in [5.41, 5.74) is -0.242. The summed E-state index contributed by atoms with van der Waals surface area (Å²) in [6.07, 6.45) is 3.29. The van der Waals surface area contributed by atoms with E-state index in [-0.39, 0.29) is 11.6 Å². The van der Waals surface area contributed by atoms with Crippen molar-refractivity contribution >= 4 is 29.2 Å². The molecule has 0 saturated carbocycles. The summed E-state index contributed by atoms with van der Waals surface area (Å²) in [5, 5.41) is 2.06. The van der Waals surface area contributed by atoms with Gasteiger partial charge in [0.25, 0.3) is 0 Å². The number of carbonyl (C=O) groups excluding carboxylic acids is 1. The van der Waals surface area contributed by atoms with E-state index in [1.165, 1.54) is 0 Å². The monoisotopic (exact) mass is 336 g/mol. The van der Waals surface area contributed by atoms with Gasteiger partial charge < -0.3 is 9.64 Å². The lowest BCUT2D eigenvalue weighted by Gasteiger charge is -2.30. The molecule has 0 aromatic carbocycles. The number of nitrogens with zero attached hydrogens (tertiary/aromatic N) is 2. The smallest absolute Gasteiger partial charge is 0.410 e. The number of pyridine rings is 1. The standard InChI is InChI=1S/C16H20N2O2S2/c1-16(2,3)18(4)15(19)20-10-13-8-14(11-21-13)22-12-6-5-7-17-9-12/h5-9,11H,10H2,1-4H3. The van der Waals surface area contributed by atoms with Gasteiger partial charge in [0, 0.05) is 45.0 Å². The van der Waals surface area contributed by atoms with Crippen molar-refractivity contribution in [2.24, 2.45) is 0 Å². The average Bonchev–Trinajstić information content (AvgIpc) is 2.91. The van der Waals surface area contributed by atoms with E-state index >= 15 is 0 Å². The second kappa shape index (κ2) is 7.15. The van der Waals surface area contributed by atoms with Gasteiger partial charge in [0.1, 0.15) is 6.61 Å². The highest BCUT2D eigenvalue weighted by Crippen LogP contribution is 2.31. The zero-order valence-electron chi connectivity index (χ0n) is 13.2. The van der Waals surface area contributed by atoms with E-state index in [2.05, 4.69) is 10.4 Å². The molecule has 1 amide bonds. The Morgan fingerprint density at radius 2 is 2.18 bits per heavy atom. The maximum atomic E-state index is 12.0. The van der Waals surface area contributed by atoms with Crippen LogP contribution in [0.15, 0.2) is 45.8 Å². The van der Waals surface area contributed by atoms with E-state index in [4.69, 9.17) is 4.74 Å². The van der Waals surface area contributed by atoms with Crippen LogP contribution in [0.5, 0.6) is 0 Å². The molecule has 0 atom stereocenters. The molecular weight excluding hydrogens is 316 g/mol. The van der Waals surface area contributed by atoms with Crippen LogP contribution in [0.3, 0.4) is 0 Å². The van der Waals surface area contributed by atoms with Crippen LogP contribution < -0.4 is 0 Å². The number of aromatic nitrogens is 1. The predicted octanol–water partition coefficient (Wildman–Crippen LogP) is 4.66. The normalized spacial score (nSPS) is 11.3. The molecule has 0 aliphatic carbocycles. The first kappa shape index (κ1) is 16.8. The molecule has 118 valence electrons. The van der Waals surface area contributed by atoms with Crippen molar-refractivity contribution < 1.29 is 9.53 Å². The topological polar surface area (TPSA) is 42.4 Å². The van der Waals surface area contributed by atoms with Crippen LogP contribution in [0.4, 0.5) is 4.79 Å². The molecule has 22 heavy (non-hydrogen) atoms. The Hall–Kier alpha value is -1.53. The quantitative estimate of drug-likeness (QED) is 0.814. The first-order valence-corrected chi connectivity index (χ1v) is 8.62. The van der Waals surface area contributed by atoms with Crippen LogP contribution in [0.1, 0.15) is 25.6 Å². The Labute approximate surface area is 139 Å². The van der Waals surface area contributed by atoms with E-state index in [0.29, 0.717) is 6.61 Å². The zero-order valence-corrected chi connectivity index (χ0v) is 14.8. The van der Waals surface area contributed by atoms with Gasteiger partial charge in [-0.05, 0) is 39.0 Å². The van der Waals surface area contributed by atoms with Gasteiger partial charge in [-0.3, -0.25) is 4.98 Å². The van der Waals surface area contributed by atoms with Gasteiger partial charge >= 0.3 is 6.09 Å². The Balaban J connectivity index is 1.89. The summed E-state index contributed by atoms with van der Waals surface area (Å²) in [4.78, 5) is 20.9. The third-order valence-electron chi connectivity index (χ3n) is 3.12. The number of thiophene rings is 1. The highest BCUT2D eigenvalue weighted by molar-refractivity contribution is 7.99. The van der Waals surface area contributed by atoms with Crippen LogP contribution in [-0.2, 0) is 11.3 Å². The molecule has 2 rings (SSSR count). The van der Waals surface area contributed by atoms with Crippen LogP contribution >= 0.6 is 23.1 Å². The fraction of sp³-hybridized carbons (Fsp3) is 0.375. The molecule has 4 nitrogen and oxygen atoms in total. The molecule has 0 aliphatic heterocycles. The number of amides is 1. The molecule has 6 heteroatoms. The Bertz CT molecular complexity index is 621. The SMILES string of the molecule is CN(C(=O)OCc1cc(Sc2cccnc2)cs1)C(C)(C)C. The lowest BCUT2D eigenvalue weighted by atomic mass is 10.1. The van der Waals surface area contributed by atoms with Crippen LogP contribution in [0.2, 0.25) is 0 Å². The Morgan fingerprint density at radius 1 is 1.41 bits per heavy atom. The number of carbonyl (C=O) groups is 1. The Morgan fingerprint density at radius 3 is 2.82 bits per heavy atom. The van der Waals surface area contributed by atoms with Crippen molar-refractivity contribution in [3.63, 3.8) is 0 Å². The molecular formula is C16H20N2O2S2. The average molecular weight is 336 g/mol. The second-order valence-corrected chi connectivity index (χ2v) is 7.97. The fourth-order valence-electron chi connectivity index (χ4n) is 1.54. The number of hydrogen-bond acceptors (Lipinski definition) is 5. The molecule has 0 radical (unpaired) electrons. The largest absolute Gasteiger partial charge is 0.444 e. The molecule has 0 spiro atoms. The summed E-state index contributed by atoms with van der Waals surface area (Å²) >= 11 is 3.24. The highest BCUT2D eigenvalue weighted by atomic mass is 32.2.